The first-order chi connectivity index (χ1) is 14.5. The maximum absolute atomic E-state index is 12.8. The lowest BCUT2D eigenvalue weighted by Gasteiger charge is -2.35. The number of anilines is 3. The SMILES string of the molecule is Cc1ccc(Nc2nc(C)cc(N3CCN(C(=O)c4ccccc4Cl)CC3)n2)cc1. The maximum atomic E-state index is 12.8. The molecule has 4 rings (SSSR count). The molecule has 0 radical (unpaired) electrons. The molecule has 0 atom stereocenters. The summed E-state index contributed by atoms with van der Waals surface area (Å²) in [7, 11) is 0. The Morgan fingerprint density at radius 2 is 1.67 bits per heavy atom. The standard InChI is InChI=1S/C23H24ClN5O/c1-16-7-9-18(10-8-16)26-23-25-17(2)15-21(27-23)28-11-13-29(14-12-28)22(30)19-5-3-4-6-20(19)24/h3-10,15H,11-14H2,1-2H3,(H,25,26,27). The Labute approximate surface area is 181 Å². The molecule has 0 aliphatic carbocycles. The molecule has 30 heavy (non-hydrogen) atoms. The second kappa shape index (κ2) is 8.71. The van der Waals surface area contributed by atoms with Gasteiger partial charge in [0, 0.05) is 43.6 Å². The minimum Gasteiger partial charge on any atom is -0.353 e. The van der Waals surface area contributed by atoms with Crippen molar-refractivity contribution in [2.45, 2.75) is 13.8 Å². The molecule has 3 aromatic rings. The molecule has 1 amide bonds. The van der Waals surface area contributed by atoms with E-state index in [9.17, 15) is 4.79 Å². The van der Waals surface area contributed by atoms with Gasteiger partial charge in [0.05, 0.1) is 10.6 Å². The van der Waals surface area contributed by atoms with Crippen molar-refractivity contribution in [1.82, 2.24) is 14.9 Å². The van der Waals surface area contributed by atoms with Crippen molar-refractivity contribution in [3.8, 4) is 0 Å². The fraction of sp³-hybridized carbons (Fsp3) is 0.261. The van der Waals surface area contributed by atoms with Crippen LogP contribution < -0.4 is 10.2 Å². The summed E-state index contributed by atoms with van der Waals surface area (Å²) in [5, 5.41) is 3.77. The number of piperazine rings is 1. The van der Waals surface area contributed by atoms with Crippen molar-refractivity contribution in [2.24, 2.45) is 0 Å². The van der Waals surface area contributed by atoms with Crippen molar-refractivity contribution in [3.63, 3.8) is 0 Å². The van der Waals surface area contributed by atoms with E-state index in [1.165, 1.54) is 5.56 Å². The van der Waals surface area contributed by atoms with E-state index in [4.69, 9.17) is 16.6 Å². The van der Waals surface area contributed by atoms with E-state index in [-0.39, 0.29) is 5.91 Å². The average molecular weight is 422 g/mol. The van der Waals surface area contributed by atoms with E-state index in [0.717, 1.165) is 17.2 Å². The Balaban J connectivity index is 1.44. The normalized spacial score (nSPS) is 14.0. The Kier molecular flexibility index (Phi) is 5.86. The van der Waals surface area contributed by atoms with Gasteiger partial charge in [0.2, 0.25) is 5.95 Å². The number of nitrogens with one attached hydrogen (secondary N) is 1. The summed E-state index contributed by atoms with van der Waals surface area (Å²) in [5.74, 6) is 1.41. The van der Waals surface area contributed by atoms with Gasteiger partial charge >= 0.3 is 0 Å². The summed E-state index contributed by atoms with van der Waals surface area (Å²) >= 11 is 6.19. The Morgan fingerprint density at radius 1 is 0.967 bits per heavy atom. The Morgan fingerprint density at radius 3 is 2.37 bits per heavy atom. The molecule has 0 bridgehead atoms. The predicted octanol–water partition coefficient (Wildman–Crippen LogP) is 4.45. The van der Waals surface area contributed by atoms with E-state index in [1.807, 2.05) is 54.3 Å². The monoisotopic (exact) mass is 421 g/mol. The van der Waals surface area contributed by atoms with Gasteiger partial charge in [-0.2, -0.15) is 4.98 Å². The number of hydrogen-bond donors (Lipinski definition) is 1. The molecule has 0 unspecified atom stereocenters. The van der Waals surface area contributed by atoms with Crippen molar-refractivity contribution in [1.29, 1.82) is 0 Å². The van der Waals surface area contributed by atoms with Gasteiger partial charge in [0.1, 0.15) is 5.82 Å². The highest BCUT2D eigenvalue weighted by Crippen LogP contribution is 2.22. The third-order valence-corrected chi connectivity index (χ3v) is 5.47. The molecule has 2 heterocycles. The van der Waals surface area contributed by atoms with Crippen LogP contribution in [0.5, 0.6) is 0 Å². The van der Waals surface area contributed by atoms with Crippen molar-refractivity contribution >= 4 is 35.0 Å². The summed E-state index contributed by atoms with van der Waals surface area (Å²) < 4.78 is 0. The summed E-state index contributed by atoms with van der Waals surface area (Å²) in [4.78, 5) is 26.0. The van der Waals surface area contributed by atoms with Gasteiger partial charge in [-0.3, -0.25) is 4.79 Å². The highest BCUT2D eigenvalue weighted by Gasteiger charge is 2.24. The number of carbonyl (C=O) groups excluding carboxylic acids is 1. The molecule has 1 N–H and O–H groups in total. The Hall–Kier alpha value is -3.12. The number of nitrogens with zero attached hydrogens (tertiary/aromatic N) is 4. The van der Waals surface area contributed by atoms with Crippen LogP contribution >= 0.6 is 11.6 Å². The number of aromatic nitrogens is 2. The minimum atomic E-state index is -0.0270. The molecule has 2 aromatic carbocycles. The zero-order valence-corrected chi connectivity index (χ0v) is 17.9. The first-order valence-electron chi connectivity index (χ1n) is 9.98. The van der Waals surface area contributed by atoms with Crippen LogP contribution in [0, 0.1) is 13.8 Å². The predicted molar refractivity (Wildman–Crippen MR) is 121 cm³/mol. The highest BCUT2D eigenvalue weighted by molar-refractivity contribution is 6.33. The zero-order chi connectivity index (χ0) is 21.1. The van der Waals surface area contributed by atoms with Crippen LogP contribution in [-0.2, 0) is 0 Å². The molecule has 1 aliphatic heterocycles. The van der Waals surface area contributed by atoms with Crippen molar-refractivity contribution in [2.75, 3.05) is 36.4 Å². The lowest BCUT2D eigenvalue weighted by atomic mass is 10.2. The first-order valence-corrected chi connectivity index (χ1v) is 10.4. The van der Waals surface area contributed by atoms with E-state index in [1.54, 1.807) is 12.1 Å². The first kappa shape index (κ1) is 20.2. The van der Waals surface area contributed by atoms with Crippen LogP contribution in [0.15, 0.2) is 54.6 Å². The number of halogens is 1. The van der Waals surface area contributed by atoms with Gasteiger partial charge in [-0.1, -0.05) is 41.4 Å². The quantitative estimate of drug-likeness (QED) is 0.674. The molecule has 1 aromatic heterocycles. The van der Waals surface area contributed by atoms with Gasteiger partial charge in [0.25, 0.3) is 5.91 Å². The minimum absolute atomic E-state index is 0.0270. The topological polar surface area (TPSA) is 61.4 Å². The molecule has 1 saturated heterocycles. The average Bonchev–Trinajstić information content (AvgIpc) is 2.75. The Bertz CT molecular complexity index is 1050. The van der Waals surface area contributed by atoms with Gasteiger partial charge < -0.3 is 15.1 Å². The molecular weight excluding hydrogens is 398 g/mol. The number of hydrogen-bond acceptors (Lipinski definition) is 5. The third kappa shape index (κ3) is 4.54. The molecule has 6 nitrogen and oxygen atoms in total. The third-order valence-electron chi connectivity index (χ3n) is 5.14. The van der Waals surface area contributed by atoms with Crippen molar-refractivity contribution < 1.29 is 4.79 Å². The highest BCUT2D eigenvalue weighted by atomic mass is 35.5. The summed E-state index contributed by atoms with van der Waals surface area (Å²) in [5.41, 5.74) is 3.60. The van der Waals surface area contributed by atoms with E-state index in [0.29, 0.717) is 42.7 Å². The lowest BCUT2D eigenvalue weighted by Crippen LogP contribution is -2.49. The summed E-state index contributed by atoms with van der Waals surface area (Å²) in [6.45, 7) is 6.67. The number of amides is 1. The van der Waals surface area contributed by atoms with E-state index >= 15 is 0 Å². The van der Waals surface area contributed by atoms with E-state index in [2.05, 4.69) is 22.1 Å². The molecule has 7 heteroatoms. The fourth-order valence-electron chi connectivity index (χ4n) is 3.48. The van der Waals surface area contributed by atoms with Crippen molar-refractivity contribution in [3.05, 3.63) is 76.4 Å². The number of aryl methyl sites for hydroxylation is 2. The smallest absolute Gasteiger partial charge is 0.255 e. The van der Waals surface area contributed by atoms with Gasteiger partial charge in [0.15, 0.2) is 0 Å². The van der Waals surface area contributed by atoms with Crippen LogP contribution in [-0.4, -0.2) is 47.0 Å². The molecule has 0 spiro atoms. The van der Waals surface area contributed by atoms with Gasteiger partial charge in [-0.15, -0.1) is 0 Å². The van der Waals surface area contributed by atoms with Gasteiger partial charge in [-0.25, -0.2) is 4.98 Å². The number of rotatable bonds is 4. The van der Waals surface area contributed by atoms with Crippen LogP contribution in [0.1, 0.15) is 21.6 Å². The van der Waals surface area contributed by atoms with Crippen LogP contribution in [0.2, 0.25) is 5.02 Å². The molecular formula is C23H24ClN5O. The zero-order valence-electron chi connectivity index (χ0n) is 17.1. The molecule has 1 aliphatic rings. The summed E-state index contributed by atoms with van der Waals surface area (Å²) in [6.07, 6.45) is 0. The van der Waals surface area contributed by atoms with Crippen LogP contribution in [0.4, 0.5) is 17.5 Å². The lowest BCUT2D eigenvalue weighted by molar-refractivity contribution is 0.0746. The molecule has 154 valence electrons. The van der Waals surface area contributed by atoms with Gasteiger partial charge in [-0.05, 0) is 38.1 Å². The summed E-state index contributed by atoms with van der Waals surface area (Å²) in [6, 6.07) is 17.3. The van der Waals surface area contributed by atoms with E-state index < -0.39 is 0 Å². The number of benzene rings is 2. The van der Waals surface area contributed by atoms with Crippen LogP contribution in [0.25, 0.3) is 0 Å². The van der Waals surface area contributed by atoms with Crippen LogP contribution in [0.3, 0.4) is 0 Å². The molecule has 1 fully saturated rings. The number of carbonyl (C=O) groups is 1. The molecule has 0 saturated carbocycles. The second-order valence-corrected chi connectivity index (χ2v) is 7.85. The second-order valence-electron chi connectivity index (χ2n) is 7.44. The largest absolute Gasteiger partial charge is 0.353 e. The maximum Gasteiger partial charge on any atom is 0.255 e. The fourth-order valence-corrected chi connectivity index (χ4v) is 3.70.